The van der Waals surface area contributed by atoms with Crippen molar-refractivity contribution in [1.82, 2.24) is 0 Å². The molecule has 148 valence electrons. The quantitative estimate of drug-likeness (QED) is 0.336. The van der Waals surface area contributed by atoms with Crippen molar-refractivity contribution in [3.8, 4) is 5.75 Å². The Labute approximate surface area is 156 Å². The Balaban J connectivity index is 2.21. The van der Waals surface area contributed by atoms with Gasteiger partial charge >= 0.3 is 13.8 Å². The molecule has 0 amide bonds. The predicted molar refractivity (Wildman–Crippen MR) is 101 cm³/mol. The van der Waals surface area contributed by atoms with E-state index in [1.165, 1.54) is 57.4 Å². The van der Waals surface area contributed by atoms with E-state index in [0.29, 0.717) is 6.61 Å². The van der Waals surface area contributed by atoms with E-state index < -0.39 is 13.8 Å². The lowest BCUT2D eigenvalue weighted by Crippen LogP contribution is -2.07. The minimum Gasteiger partial charge on any atom is -0.493 e. The van der Waals surface area contributed by atoms with Crippen LogP contribution in [-0.4, -0.2) is 22.4 Å². The Hall–Kier alpha value is -1.36. The van der Waals surface area contributed by atoms with Gasteiger partial charge in [-0.2, -0.15) is 0 Å². The molecule has 6 nitrogen and oxygen atoms in total. The molecular formula is C19H31O6P. The van der Waals surface area contributed by atoms with Crippen molar-refractivity contribution in [2.24, 2.45) is 0 Å². The highest BCUT2D eigenvalue weighted by Gasteiger charge is 2.24. The van der Waals surface area contributed by atoms with Gasteiger partial charge in [-0.1, -0.05) is 76.8 Å². The Morgan fingerprint density at radius 3 is 2.04 bits per heavy atom. The zero-order valence-electron chi connectivity index (χ0n) is 15.6. The van der Waals surface area contributed by atoms with Crippen molar-refractivity contribution in [2.45, 2.75) is 71.1 Å². The molecule has 1 aromatic rings. The fourth-order valence-corrected chi connectivity index (χ4v) is 3.00. The number of phosphoric acid groups is 1. The Morgan fingerprint density at radius 2 is 1.46 bits per heavy atom. The van der Waals surface area contributed by atoms with E-state index in [-0.39, 0.29) is 11.3 Å². The number of hydrogen-bond acceptors (Lipinski definition) is 4. The Morgan fingerprint density at radius 1 is 0.923 bits per heavy atom. The summed E-state index contributed by atoms with van der Waals surface area (Å²) < 4.78 is 20.5. The molecule has 0 aromatic heterocycles. The standard InChI is InChI=1S/C19H31O6P/c1-2-3-4-5-6-7-8-9-10-13-16-24-18-15-12-11-14-17(18)19(20)25-26(21,22)23/h11-12,14-15H,2-10,13,16H2,1H3,(H2,21,22,23). The molecule has 0 atom stereocenters. The van der Waals surface area contributed by atoms with Gasteiger partial charge in [0.25, 0.3) is 0 Å². The van der Waals surface area contributed by atoms with Crippen LogP contribution in [0.1, 0.15) is 81.5 Å². The van der Waals surface area contributed by atoms with Crippen LogP contribution >= 0.6 is 7.82 Å². The second-order valence-corrected chi connectivity index (χ2v) is 7.56. The van der Waals surface area contributed by atoms with Gasteiger partial charge in [0.1, 0.15) is 11.3 Å². The fraction of sp³-hybridized carbons (Fsp3) is 0.632. The van der Waals surface area contributed by atoms with Crippen molar-refractivity contribution in [3.63, 3.8) is 0 Å². The molecule has 2 N–H and O–H groups in total. The lowest BCUT2D eigenvalue weighted by molar-refractivity contribution is 0.0673. The molecule has 0 bridgehead atoms. The van der Waals surface area contributed by atoms with Gasteiger partial charge < -0.3 is 9.26 Å². The third-order valence-electron chi connectivity index (χ3n) is 4.06. The van der Waals surface area contributed by atoms with E-state index in [9.17, 15) is 9.36 Å². The molecule has 1 rings (SSSR count). The smallest absolute Gasteiger partial charge is 0.493 e. The number of unbranched alkanes of at least 4 members (excludes halogenated alkanes) is 9. The molecule has 0 aliphatic heterocycles. The van der Waals surface area contributed by atoms with E-state index in [1.54, 1.807) is 18.2 Å². The average Bonchev–Trinajstić information content (AvgIpc) is 2.58. The van der Waals surface area contributed by atoms with Crippen LogP contribution in [0.25, 0.3) is 0 Å². The van der Waals surface area contributed by atoms with Gasteiger partial charge in [0.2, 0.25) is 0 Å². The molecule has 0 spiro atoms. The number of carbonyl (C=O) groups is 1. The van der Waals surface area contributed by atoms with Gasteiger partial charge in [-0.25, -0.2) is 9.36 Å². The van der Waals surface area contributed by atoms with E-state index in [0.717, 1.165) is 12.8 Å². The lowest BCUT2D eigenvalue weighted by Gasteiger charge is -2.11. The SMILES string of the molecule is CCCCCCCCCCCCOc1ccccc1C(=O)OP(=O)(O)O. The summed E-state index contributed by atoms with van der Waals surface area (Å²) in [6.07, 6.45) is 12.2. The van der Waals surface area contributed by atoms with E-state index in [2.05, 4.69) is 11.4 Å². The number of phosphoric ester groups is 1. The van der Waals surface area contributed by atoms with Gasteiger partial charge in [-0.15, -0.1) is 0 Å². The monoisotopic (exact) mass is 386 g/mol. The summed E-state index contributed by atoms with van der Waals surface area (Å²) in [6, 6.07) is 6.30. The zero-order chi connectivity index (χ0) is 19.3. The van der Waals surface area contributed by atoms with Crippen molar-refractivity contribution >= 4 is 13.8 Å². The van der Waals surface area contributed by atoms with Gasteiger partial charge in [0.05, 0.1) is 6.61 Å². The maximum absolute atomic E-state index is 11.8. The summed E-state index contributed by atoms with van der Waals surface area (Å²) in [5, 5.41) is 0. The first-order chi connectivity index (χ1) is 12.4. The number of ether oxygens (including phenoxy) is 1. The van der Waals surface area contributed by atoms with Crippen LogP contribution in [0.2, 0.25) is 0 Å². The Bertz CT molecular complexity index is 569. The maximum Gasteiger partial charge on any atom is 0.527 e. The summed E-state index contributed by atoms with van der Waals surface area (Å²) >= 11 is 0. The lowest BCUT2D eigenvalue weighted by atomic mass is 10.1. The van der Waals surface area contributed by atoms with Crippen molar-refractivity contribution < 1.29 is 28.4 Å². The minimum atomic E-state index is -4.87. The van der Waals surface area contributed by atoms with Crippen LogP contribution in [0, 0.1) is 0 Å². The summed E-state index contributed by atoms with van der Waals surface area (Å²) in [7, 11) is -4.87. The number of hydrogen-bond donors (Lipinski definition) is 2. The van der Waals surface area contributed by atoms with E-state index in [1.807, 2.05) is 0 Å². The first-order valence-electron chi connectivity index (χ1n) is 9.45. The van der Waals surface area contributed by atoms with Gasteiger partial charge in [-0.3, -0.25) is 9.79 Å². The third-order valence-corrected chi connectivity index (χ3v) is 4.47. The first kappa shape index (κ1) is 22.7. The fourth-order valence-electron chi connectivity index (χ4n) is 2.69. The van der Waals surface area contributed by atoms with Gasteiger partial charge in [0, 0.05) is 0 Å². The average molecular weight is 386 g/mol. The van der Waals surface area contributed by atoms with Gasteiger partial charge in [0.15, 0.2) is 0 Å². The first-order valence-corrected chi connectivity index (χ1v) is 11.0. The molecule has 0 heterocycles. The molecule has 26 heavy (non-hydrogen) atoms. The summed E-state index contributed by atoms with van der Waals surface area (Å²) in [6.45, 7) is 2.68. The summed E-state index contributed by atoms with van der Waals surface area (Å²) in [4.78, 5) is 29.3. The molecule has 0 saturated heterocycles. The molecule has 0 saturated carbocycles. The van der Waals surface area contributed by atoms with Crippen molar-refractivity contribution in [1.29, 1.82) is 0 Å². The largest absolute Gasteiger partial charge is 0.527 e. The minimum absolute atomic E-state index is 0.0166. The highest BCUT2D eigenvalue weighted by Crippen LogP contribution is 2.38. The number of rotatable bonds is 14. The van der Waals surface area contributed by atoms with Gasteiger partial charge in [-0.05, 0) is 18.6 Å². The van der Waals surface area contributed by atoms with Crippen LogP contribution < -0.4 is 4.74 Å². The van der Waals surface area contributed by atoms with Crippen LogP contribution in [0.5, 0.6) is 5.75 Å². The topological polar surface area (TPSA) is 93.1 Å². The highest BCUT2D eigenvalue weighted by atomic mass is 31.2. The highest BCUT2D eigenvalue weighted by molar-refractivity contribution is 7.46. The molecule has 0 aliphatic carbocycles. The number of benzene rings is 1. The molecule has 7 heteroatoms. The number of carbonyl (C=O) groups excluding carboxylic acids is 1. The molecule has 0 unspecified atom stereocenters. The van der Waals surface area contributed by atoms with Crippen LogP contribution in [0.3, 0.4) is 0 Å². The maximum atomic E-state index is 11.8. The van der Waals surface area contributed by atoms with Crippen molar-refractivity contribution in [2.75, 3.05) is 6.61 Å². The molecule has 0 fully saturated rings. The number of para-hydroxylation sites is 1. The normalized spacial score (nSPS) is 11.3. The summed E-state index contributed by atoms with van der Waals surface area (Å²) in [5.74, 6) is -0.807. The predicted octanol–water partition coefficient (Wildman–Crippen LogP) is 5.24. The van der Waals surface area contributed by atoms with Crippen LogP contribution in [0.15, 0.2) is 24.3 Å². The van der Waals surface area contributed by atoms with E-state index in [4.69, 9.17) is 14.5 Å². The molecule has 0 aliphatic rings. The Kier molecular flexibility index (Phi) is 11.3. The van der Waals surface area contributed by atoms with E-state index >= 15 is 0 Å². The van der Waals surface area contributed by atoms with Crippen molar-refractivity contribution in [3.05, 3.63) is 29.8 Å². The summed E-state index contributed by atoms with van der Waals surface area (Å²) in [5.41, 5.74) is 0.0166. The van der Waals surface area contributed by atoms with Crippen LogP contribution in [-0.2, 0) is 9.09 Å². The molecular weight excluding hydrogens is 355 g/mol. The second kappa shape index (κ2) is 12.9. The molecule has 1 aromatic carbocycles. The second-order valence-electron chi connectivity index (χ2n) is 6.40. The molecule has 0 radical (unpaired) electrons. The van der Waals surface area contributed by atoms with Crippen LogP contribution in [0.4, 0.5) is 0 Å². The zero-order valence-corrected chi connectivity index (χ0v) is 16.5. The third kappa shape index (κ3) is 10.6.